The summed E-state index contributed by atoms with van der Waals surface area (Å²) in [5, 5.41) is -0.686. The van der Waals surface area contributed by atoms with E-state index < -0.39 is 20.6 Å². The van der Waals surface area contributed by atoms with Crippen LogP contribution in [0.4, 0.5) is 0 Å². The Morgan fingerprint density at radius 3 is 2.25 bits per heavy atom. The molecule has 0 aliphatic heterocycles. The Hall–Kier alpha value is -1.21. The molecule has 1 aliphatic carbocycles. The van der Waals surface area contributed by atoms with Crippen LogP contribution < -0.4 is 5.73 Å². The number of hydrogen-bond acceptors (Lipinski definition) is 4. The second-order valence-electron chi connectivity index (χ2n) is 6.35. The fraction of sp³-hybridized carbons (Fsp3) is 0.333. The minimum atomic E-state index is -3.54. The van der Waals surface area contributed by atoms with Crippen molar-refractivity contribution in [3.63, 3.8) is 0 Å². The molecular formula is C18H20BrNO3S. The smallest absolute Gasteiger partial charge is 0.183 e. The lowest BCUT2D eigenvalue weighted by molar-refractivity contribution is 0.171. The van der Waals surface area contributed by atoms with Gasteiger partial charge in [-0.2, -0.15) is 0 Å². The van der Waals surface area contributed by atoms with Crippen LogP contribution in [0.25, 0.3) is 0 Å². The van der Waals surface area contributed by atoms with Gasteiger partial charge in [-0.3, -0.25) is 0 Å². The Bertz CT molecular complexity index is 834. The molecule has 2 N–H and O–H groups in total. The van der Waals surface area contributed by atoms with Gasteiger partial charge in [-0.1, -0.05) is 45.8 Å². The number of aryl methyl sites for hydroxylation is 1. The summed E-state index contributed by atoms with van der Waals surface area (Å²) in [5.74, 6) is -0.281. The molecule has 0 spiro atoms. The monoisotopic (exact) mass is 409 g/mol. The highest BCUT2D eigenvalue weighted by Gasteiger charge is 2.69. The van der Waals surface area contributed by atoms with Crippen LogP contribution >= 0.6 is 15.9 Å². The van der Waals surface area contributed by atoms with E-state index in [2.05, 4.69) is 15.9 Å². The van der Waals surface area contributed by atoms with Crippen LogP contribution in [0.5, 0.6) is 0 Å². The van der Waals surface area contributed by atoms with Crippen molar-refractivity contribution in [3.8, 4) is 0 Å². The molecular weight excluding hydrogens is 390 g/mol. The van der Waals surface area contributed by atoms with Crippen molar-refractivity contribution < 1.29 is 13.2 Å². The molecule has 1 fully saturated rings. The summed E-state index contributed by atoms with van der Waals surface area (Å²) < 4.78 is 32.4. The fourth-order valence-electron chi connectivity index (χ4n) is 3.34. The van der Waals surface area contributed by atoms with Crippen molar-refractivity contribution >= 4 is 25.8 Å². The Morgan fingerprint density at radius 1 is 1.12 bits per heavy atom. The number of methoxy groups -OCH3 is 1. The Labute approximate surface area is 151 Å². The molecule has 1 aliphatic rings. The summed E-state index contributed by atoms with van der Waals surface area (Å²) in [7, 11) is -1.99. The standard InChI is InChI=1S/C18H20BrNO3S/c1-12-3-9-15(10-4-12)24(21,22)17-16(18(17,20)11-23-2)13-5-7-14(19)8-6-13/h3-10,16-17H,11,20H2,1-2H3/t16-,17-,18-/m0/s1. The molecule has 0 saturated heterocycles. The van der Waals surface area contributed by atoms with Crippen LogP contribution in [0.15, 0.2) is 57.9 Å². The molecule has 0 aromatic heterocycles. The summed E-state index contributed by atoms with van der Waals surface area (Å²) >= 11 is 3.40. The van der Waals surface area contributed by atoms with Gasteiger partial charge in [0.15, 0.2) is 9.84 Å². The molecule has 0 heterocycles. The van der Waals surface area contributed by atoms with E-state index in [9.17, 15) is 8.42 Å². The number of hydrogen-bond donors (Lipinski definition) is 1. The van der Waals surface area contributed by atoms with Crippen molar-refractivity contribution in [2.75, 3.05) is 13.7 Å². The number of halogens is 1. The predicted molar refractivity (Wildman–Crippen MR) is 97.8 cm³/mol. The Balaban J connectivity index is 2.01. The van der Waals surface area contributed by atoms with E-state index in [1.54, 1.807) is 31.4 Å². The van der Waals surface area contributed by atoms with E-state index in [1.165, 1.54) is 0 Å². The highest BCUT2D eigenvalue weighted by atomic mass is 79.9. The van der Waals surface area contributed by atoms with Gasteiger partial charge in [0.2, 0.25) is 0 Å². The van der Waals surface area contributed by atoms with Crippen molar-refractivity contribution in [1.29, 1.82) is 0 Å². The lowest BCUT2D eigenvalue weighted by atomic mass is 10.1. The third-order valence-corrected chi connectivity index (χ3v) is 7.45. The van der Waals surface area contributed by atoms with Crippen molar-refractivity contribution in [1.82, 2.24) is 0 Å². The van der Waals surface area contributed by atoms with E-state index in [1.807, 2.05) is 31.2 Å². The fourth-order valence-corrected chi connectivity index (χ4v) is 5.90. The summed E-state index contributed by atoms with van der Waals surface area (Å²) in [6.07, 6.45) is 0. The van der Waals surface area contributed by atoms with Crippen LogP contribution in [0.3, 0.4) is 0 Å². The maximum absolute atomic E-state index is 13.1. The van der Waals surface area contributed by atoms with Crippen molar-refractivity contribution in [2.45, 2.75) is 28.5 Å². The lowest BCUT2D eigenvalue weighted by Gasteiger charge is -2.11. The molecule has 0 unspecified atom stereocenters. The first-order valence-electron chi connectivity index (χ1n) is 7.64. The topological polar surface area (TPSA) is 69.4 Å². The molecule has 128 valence electrons. The third-order valence-electron chi connectivity index (χ3n) is 4.61. The molecule has 1 saturated carbocycles. The number of ether oxygens (including phenoxy) is 1. The number of sulfone groups is 1. The van der Waals surface area contributed by atoms with E-state index in [4.69, 9.17) is 10.5 Å². The van der Waals surface area contributed by atoms with Crippen molar-refractivity contribution in [2.24, 2.45) is 5.73 Å². The summed E-state index contributed by atoms with van der Waals surface area (Å²) in [5.41, 5.74) is 7.48. The van der Waals surface area contributed by atoms with Gasteiger partial charge in [0.1, 0.15) is 0 Å². The summed E-state index contributed by atoms with van der Waals surface area (Å²) in [4.78, 5) is 0.309. The molecule has 0 radical (unpaired) electrons. The maximum atomic E-state index is 13.1. The molecule has 24 heavy (non-hydrogen) atoms. The molecule has 4 nitrogen and oxygen atoms in total. The normalized spacial score (nSPS) is 26.3. The number of rotatable bonds is 5. The number of nitrogens with two attached hydrogens (primary N) is 1. The molecule has 6 heteroatoms. The zero-order valence-corrected chi connectivity index (χ0v) is 16.0. The van der Waals surface area contributed by atoms with E-state index in [-0.39, 0.29) is 12.5 Å². The van der Waals surface area contributed by atoms with E-state index >= 15 is 0 Å². The van der Waals surface area contributed by atoms with E-state index in [0.29, 0.717) is 4.90 Å². The minimum Gasteiger partial charge on any atom is -0.383 e. The Morgan fingerprint density at radius 2 is 1.71 bits per heavy atom. The average Bonchev–Trinajstić information content (AvgIpc) is 3.15. The highest BCUT2D eigenvalue weighted by Crippen LogP contribution is 2.55. The zero-order valence-electron chi connectivity index (χ0n) is 13.6. The van der Waals surface area contributed by atoms with Crippen molar-refractivity contribution in [3.05, 3.63) is 64.1 Å². The first-order valence-corrected chi connectivity index (χ1v) is 9.98. The first kappa shape index (κ1) is 17.6. The van der Waals surface area contributed by atoms with E-state index in [0.717, 1.165) is 15.6 Å². The molecule has 0 bridgehead atoms. The van der Waals surface area contributed by atoms with Crippen LogP contribution in [0.2, 0.25) is 0 Å². The van der Waals surface area contributed by atoms with Crippen LogP contribution in [-0.4, -0.2) is 32.9 Å². The summed E-state index contributed by atoms with van der Waals surface area (Å²) in [6, 6.07) is 14.5. The second kappa shape index (κ2) is 6.26. The predicted octanol–water partition coefficient (Wildman–Crippen LogP) is 3.04. The molecule has 0 amide bonds. The first-order chi connectivity index (χ1) is 11.3. The van der Waals surface area contributed by atoms with Crippen LogP contribution in [0, 0.1) is 6.92 Å². The zero-order chi connectivity index (χ0) is 17.5. The van der Waals surface area contributed by atoms with Crippen LogP contribution in [0.1, 0.15) is 17.0 Å². The molecule has 3 atom stereocenters. The second-order valence-corrected chi connectivity index (χ2v) is 9.34. The highest BCUT2D eigenvalue weighted by molar-refractivity contribution is 9.10. The lowest BCUT2D eigenvalue weighted by Crippen LogP contribution is -2.35. The Kier molecular flexibility index (Phi) is 4.59. The molecule has 2 aromatic rings. The average molecular weight is 410 g/mol. The SMILES string of the molecule is COC[C@]1(N)[C@@H](c2ccc(Br)cc2)[C@@H]1S(=O)(=O)c1ccc(C)cc1. The largest absolute Gasteiger partial charge is 0.383 e. The van der Waals surface area contributed by atoms with Gasteiger partial charge >= 0.3 is 0 Å². The molecule has 2 aromatic carbocycles. The van der Waals surface area contributed by atoms with Gasteiger partial charge in [0.05, 0.1) is 22.3 Å². The van der Waals surface area contributed by atoms with Gasteiger partial charge in [-0.15, -0.1) is 0 Å². The van der Waals surface area contributed by atoms with Gasteiger partial charge < -0.3 is 10.5 Å². The quantitative estimate of drug-likeness (QED) is 0.823. The summed E-state index contributed by atoms with van der Waals surface area (Å²) in [6.45, 7) is 2.12. The number of benzene rings is 2. The third kappa shape index (κ3) is 2.92. The van der Waals surface area contributed by atoms with Crippen LogP contribution in [-0.2, 0) is 14.6 Å². The van der Waals surface area contributed by atoms with Gasteiger partial charge in [0, 0.05) is 17.5 Å². The van der Waals surface area contributed by atoms with Gasteiger partial charge in [-0.05, 0) is 36.8 Å². The molecule has 3 rings (SSSR count). The van der Waals surface area contributed by atoms with Gasteiger partial charge in [0.25, 0.3) is 0 Å². The van der Waals surface area contributed by atoms with Gasteiger partial charge in [-0.25, -0.2) is 8.42 Å². The maximum Gasteiger partial charge on any atom is 0.183 e. The minimum absolute atomic E-state index is 0.198.